The number of hydrogen-bond acceptors (Lipinski definition) is 5. The van der Waals surface area contributed by atoms with Gasteiger partial charge in [-0.05, 0) is 42.0 Å². The predicted octanol–water partition coefficient (Wildman–Crippen LogP) is 4.92. The second kappa shape index (κ2) is 6.88. The number of fused-ring (bicyclic) bond motifs is 1. The maximum Gasteiger partial charge on any atom is 0.200 e. The number of benzene rings is 3. The average molecular weight is 359 g/mol. The van der Waals surface area contributed by atoms with E-state index in [2.05, 4.69) is 5.32 Å². The highest BCUT2D eigenvalue weighted by atomic mass is 16.5. The minimum absolute atomic E-state index is 0.0603. The van der Waals surface area contributed by atoms with Gasteiger partial charge >= 0.3 is 0 Å². The van der Waals surface area contributed by atoms with Crippen LogP contribution in [-0.2, 0) is 0 Å². The van der Waals surface area contributed by atoms with Crippen LogP contribution in [0, 0.1) is 0 Å². The van der Waals surface area contributed by atoms with Gasteiger partial charge in [-0.25, -0.2) is 0 Å². The number of nitrogens with one attached hydrogen (secondary N) is 1. The van der Waals surface area contributed by atoms with Crippen LogP contribution in [0.3, 0.4) is 0 Å². The van der Waals surface area contributed by atoms with Crippen molar-refractivity contribution in [3.63, 3.8) is 0 Å². The van der Waals surface area contributed by atoms with Gasteiger partial charge in [0.2, 0.25) is 0 Å². The van der Waals surface area contributed by atoms with Crippen molar-refractivity contribution >= 4 is 22.3 Å². The van der Waals surface area contributed by atoms with Crippen molar-refractivity contribution in [2.24, 2.45) is 0 Å². The lowest BCUT2D eigenvalue weighted by Crippen LogP contribution is -2.04. The lowest BCUT2D eigenvalue weighted by molar-refractivity contribution is 0.417. The normalized spacial score (nSPS) is 10.7. The summed E-state index contributed by atoms with van der Waals surface area (Å²) in [6.07, 6.45) is 1.42. The predicted molar refractivity (Wildman–Crippen MR) is 106 cm³/mol. The average Bonchev–Trinajstić information content (AvgIpc) is 2.69. The molecule has 1 aromatic heterocycles. The smallest absolute Gasteiger partial charge is 0.200 e. The highest BCUT2D eigenvalue weighted by molar-refractivity contribution is 5.83. The van der Waals surface area contributed by atoms with Gasteiger partial charge < -0.3 is 19.6 Å². The molecular weight excluding hydrogens is 342 g/mol. The molecule has 0 saturated heterocycles. The van der Waals surface area contributed by atoms with Crippen molar-refractivity contribution < 1.29 is 14.3 Å². The molecular formula is C22H17NO4. The Balaban J connectivity index is 1.66. The summed E-state index contributed by atoms with van der Waals surface area (Å²) in [6, 6.07) is 19.6. The molecule has 0 aliphatic carbocycles. The summed E-state index contributed by atoms with van der Waals surface area (Å²) in [5.74, 6) is 0.810. The van der Waals surface area contributed by atoms with E-state index in [1.165, 1.54) is 18.4 Å². The highest BCUT2D eigenvalue weighted by Gasteiger charge is 2.10. The van der Waals surface area contributed by atoms with Crippen LogP contribution in [-0.4, -0.2) is 12.2 Å². The number of phenolic OH excluding ortho intramolecular Hbond substituents is 1. The first-order valence-corrected chi connectivity index (χ1v) is 8.41. The maximum absolute atomic E-state index is 12.7. The van der Waals surface area contributed by atoms with Crippen molar-refractivity contribution in [3.8, 4) is 22.6 Å². The first kappa shape index (κ1) is 16.7. The van der Waals surface area contributed by atoms with Gasteiger partial charge in [0.15, 0.2) is 5.43 Å². The van der Waals surface area contributed by atoms with Crippen LogP contribution in [0.4, 0.5) is 11.4 Å². The van der Waals surface area contributed by atoms with Gasteiger partial charge in [-0.2, -0.15) is 0 Å². The Kier molecular flexibility index (Phi) is 4.26. The largest absolute Gasteiger partial charge is 0.508 e. The number of hydrogen-bond donors (Lipinski definition) is 2. The second-order valence-electron chi connectivity index (χ2n) is 6.06. The molecule has 0 spiro atoms. The summed E-state index contributed by atoms with van der Waals surface area (Å²) < 4.78 is 10.9. The van der Waals surface area contributed by atoms with Crippen molar-refractivity contribution in [2.45, 2.75) is 0 Å². The minimum Gasteiger partial charge on any atom is -0.508 e. The lowest BCUT2D eigenvalue weighted by Gasteiger charge is -2.11. The second-order valence-corrected chi connectivity index (χ2v) is 6.06. The topological polar surface area (TPSA) is 71.7 Å². The number of methoxy groups -OCH3 is 1. The fourth-order valence-corrected chi connectivity index (χ4v) is 2.95. The molecule has 1 heterocycles. The monoisotopic (exact) mass is 359 g/mol. The van der Waals surface area contributed by atoms with Crippen molar-refractivity contribution in [2.75, 3.05) is 12.4 Å². The maximum atomic E-state index is 12.7. The molecule has 3 aromatic carbocycles. The van der Waals surface area contributed by atoms with Crippen LogP contribution in [0.2, 0.25) is 0 Å². The first-order valence-electron chi connectivity index (χ1n) is 8.41. The summed E-state index contributed by atoms with van der Waals surface area (Å²) in [6.45, 7) is 0. The molecule has 0 amide bonds. The third-order valence-corrected chi connectivity index (χ3v) is 4.34. The Hall–Kier alpha value is -3.73. The molecule has 4 aromatic rings. The molecule has 27 heavy (non-hydrogen) atoms. The Morgan fingerprint density at radius 2 is 1.78 bits per heavy atom. The molecule has 5 heteroatoms. The fourth-order valence-electron chi connectivity index (χ4n) is 2.95. The quantitative estimate of drug-likeness (QED) is 0.541. The number of aromatic hydroxyl groups is 1. The van der Waals surface area contributed by atoms with Crippen LogP contribution in [0.15, 0.2) is 82.2 Å². The Bertz CT molecular complexity index is 1160. The van der Waals surface area contributed by atoms with E-state index in [0.717, 1.165) is 22.7 Å². The third kappa shape index (κ3) is 3.22. The van der Waals surface area contributed by atoms with E-state index >= 15 is 0 Å². The summed E-state index contributed by atoms with van der Waals surface area (Å²) in [5.41, 5.74) is 3.18. The van der Waals surface area contributed by atoms with Crippen molar-refractivity contribution in [1.82, 2.24) is 0 Å². The standard InChI is InChI=1S/C22H17NO4/c1-26-20-5-3-2-4-19(20)23-15-8-6-14(7-9-15)18-13-27-21-12-16(24)10-11-17(21)22(18)25/h2-13,23-24H,1H3. The Morgan fingerprint density at radius 3 is 2.56 bits per heavy atom. The molecule has 0 bridgehead atoms. The Morgan fingerprint density at radius 1 is 1.00 bits per heavy atom. The molecule has 4 rings (SSSR count). The van der Waals surface area contributed by atoms with Gasteiger partial charge in [0.05, 0.1) is 23.7 Å². The van der Waals surface area contributed by atoms with E-state index in [4.69, 9.17) is 9.15 Å². The number of ether oxygens (including phenoxy) is 1. The molecule has 0 atom stereocenters. The molecule has 0 aliphatic heterocycles. The van der Waals surface area contributed by atoms with Crippen LogP contribution in [0.1, 0.15) is 0 Å². The fraction of sp³-hybridized carbons (Fsp3) is 0.0455. The molecule has 0 fully saturated rings. The molecule has 0 saturated carbocycles. The van der Waals surface area contributed by atoms with Crippen molar-refractivity contribution in [1.29, 1.82) is 0 Å². The van der Waals surface area contributed by atoms with E-state index in [1.807, 2.05) is 48.5 Å². The lowest BCUT2D eigenvalue weighted by atomic mass is 10.1. The van der Waals surface area contributed by atoms with Gasteiger partial charge in [-0.1, -0.05) is 24.3 Å². The zero-order valence-corrected chi connectivity index (χ0v) is 14.6. The van der Waals surface area contributed by atoms with Gasteiger partial charge in [0.1, 0.15) is 23.3 Å². The third-order valence-electron chi connectivity index (χ3n) is 4.34. The summed E-state index contributed by atoms with van der Waals surface area (Å²) >= 11 is 0. The van der Waals surface area contributed by atoms with E-state index in [0.29, 0.717) is 16.5 Å². The van der Waals surface area contributed by atoms with Gasteiger partial charge in [0, 0.05) is 11.8 Å². The van der Waals surface area contributed by atoms with Crippen LogP contribution in [0.25, 0.3) is 22.1 Å². The molecule has 2 N–H and O–H groups in total. The van der Waals surface area contributed by atoms with Gasteiger partial charge in [-0.15, -0.1) is 0 Å². The van der Waals surface area contributed by atoms with E-state index in [9.17, 15) is 9.90 Å². The summed E-state index contributed by atoms with van der Waals surface area (Å²) in [7, 11) is 1.63. The number of phenols is 1. The number of anilines is 2. The van der Waals surface area contributed by atoms with Crippen LogP contribution in [0.5, 0.6) is 11.5 Å². The summed E-state index contributed by atoms with van der Waals surface area (Å²) in [4.78, 5) is 12.7. The van der Waals surface area contributed by atoms with Gasteiger partial charge in [-0.3, -0.25) is 4.79 Å². The highest BCUT2D eigenvalue weighted by Crippen LogP contribution is 2.28. The minimum atomic E-state index is -0.137. The summed E-state index contributed by atoms with van der Waals surface area (Å²) in [5, 5.41) is 13.2. The molecule has 0 aliphatic rings. The zero-order chi connectivity index (χ0) is 18.8. The molecule has 134 valence electrons. The van der Waals surface area contributed by atoms with E-state index in [-0.39, 0.29) is 11.2 Å². The van der Waals surface area contributed by atoms with Crippen molar-refractivity contribution in [3.05, 3.63) is 83.2 Å². The van der Waals surface area contributed by atoms with Crippen LogP contribution >= 0.6 is 0 Å². The number of para-hydroxylation sites is 2. The van der Waals surface area contributed by atoms with E-state index in [1.54, 1.807) is 13.2 Å². The molecule has 0 radical (unpaired) electrons. The zero-order valence-electron chi connectivity index (χ0n) is 14.6. The SMILES string of the molecule is COc1ccccc1Nc1ccc(-c2coc3cc(O)ccc3c2=O)cc1. The van der Waals surface area contributed by atoms with E-state index < -0.39 is 0 Å². The molecule has 0 unspecified atom stereocenters. The number of rotatable bonds is 4. The Labute approximate surface area is 155 Å². The molecule has 5 nitrogen and oxygen atoms in total. The first-order chi connectivity index (χ1) is 13.2. The van der Waals surface area contributed by atoms with Crippen LogP contribution < -0.4 is 15.5 Å². The van der Waals surface area contributed by atoms with Gasteiger partial charge in [0.25, 0.3) is 0 Å².